The Morgan fingerprint density at radius 1 is 1.58 bits per heavy atom. The first-order chi connectivity index (χ1) is 5.61. The molecule has 1 unspecified atom stereocenters. The summed E-state index contributed by atoms with van der Waals surface area (Å²) in [6, 6.07) is 0. The van der Waals surface area contributed by atoms with Crippen LogP contribution in [0.25, 0.3) is 0 Å². The third-order valence-corrected chi connectivity index (χ3v) is 2.38. The Balaban J connectivity index is 2.46. The maximum atomic E-state index is 11.6. The lowest BCUT2D eigenvalue weighted by Crippen LogP contribution is -2.41. The zero-order chi connectivity index (χ0) is 9.14. The first kappa shape index (κ1) is 9.56. The maximum absolute atomic E-state index is 11.6. The summed E-state index contributed by atoms with van der Waals surface area (Å²) in [4.78, 5) is 13.6. The summed E-state index contributed by atoms with van der Waals surface area (Å²) in [5.41, 5.74) is 0. The van der Waals surface area contributed by atoms with Crippen LogP contribution in [0, 0.1) is 11.8 Å². The zero-order valence-electron chi connectivity index (χ0n) is 8.34. The van der Waals surface area contributed by atoms with E-state index < -0.39 is 0 Å². The fourth-order valence-corrected chi connectivity index (χ4v) is 1.76. The monoisotopic (exact) mass is 169 g/mol. The highest BCUT2D eigenvalue weighted by Crippen LogP contribution is 2.17. The molecule has 0 N–H and O–H groups in total. The van der Waals surface area contributed by atoms with Crippen LogP contribution >= 0.6 is 0 Å². The van der Waals surface area contributed by atoms with Crippen LogP contribution in [0.2, 0.25) is 0 Å². The standard InChI is InChI=1S/C10H19NO/c1-8(2)7-11-6-4-5-9(3)10(11)12/h8-9H,4-7H2,1-3H3. The third kappa shape index (κ3) is 2.23. The lowest BCUT2D eigenvalue weighted by Gasteiger charge is -2.31. The van der Waals surface area contributed by atoms with Crippen LogP contribution in [0.5, 0.6) is 0 Å². The van der Waals surface area contributed by atoms with Crippen LogP contribution in [-0.2, 0) is 4.79 Å². The average molecular weight is 169 g/mol. The van der Waals surface area contributed by atoms with Gasteiger partial charge in [-0.25, -0.2) is 0 Å². The first-order valence-corrected chi connectivity index (χ1v) is 4.90. The predicted molar refractivity (Wildman–Crippen MR) is 49.8 cm³/mol. The molecule has 1 atom stereocenters. The highest BCUT2D eigenvalue weighted by atomic mass is 16.2. The molecule has 12 heavy (non-hydrogen) atoms. The Kier molecular flexibility index (Phi) is 3.12. The van der Waals surface area contributed by atoms with Crippen LogP contribution in [0.4, 0.5) is 0 Å². The molecule has 1 rings (SSSR count). The molecule has 0 saturated carbocycles. The van der Waals surface area contributed by atoms with Gasteiger partial charge in [0.2, 0.25) is 5.91 Å². The molecule has 0 aliphatic carbocycles. The van der Waals surface area contributed by atoms with Gasteiger partial charge in [0.05, 0.1) is 0 Å². The summed E-state index contributed by atoms with van der Waals surface area (Å²) >= 11 is 0. The van der Waals surface area contributed by atoms with Gasteiger partial charge in [0.15, 0.2) is 0 Å². The summed E-state index contributed by atoms with van der Waals surface area (Å²) in [5, 5.41) is 0. The van der Waals surface area contributed by atoms with Crippen molar-refractivity contribution in [2.24, 2.45) is 11.8 Å². The number of carbonyl (C=O) groups excluding carboxylic acids is 1. The fraction of sp³-hybridized carbons (Fsp3) is 0.900. The Bertz CT molecular complexity index is 165. The van der Waals surface area contributed by atoms with E-state index in [1.165, 1.54) is 6.42 Å². The Morgan fingerprint density at radius 3 is 2.83 bits per heavy atom. The van der Waals surface area contributed by atoms with Crippen LogP contribution in [-0.4, -0.2) is 23.9 Å². The van der Waals surface area contributed by atoms with Crippen LogP contribution < -0.4 is 0 Å². The minimum Gasteiger partial charge on any atom is -0.342 e. The van der Waals surface area contributed by atoms with Gasteiger partial charge in [-0.15, -0.1) is 0 Å². The molecular weight excluding hydrogens is 150 g/mol. The molecule has 0 radical (unpaired) electrons. The molecule has 70 valence electrons. The van der Waals surface area contributed by atoms with E-state index in [1.807, 2.05) is 11.8 Å². The van der Waals surface area contributed by atoms with Crippen molar-refractivity contribution in [2.45, 2.75) is 33.6 Å². The van der Waals surface area contributed by atoms with Crippen molar-refractivity contribution in [3.63, 3.8) is 0 Å². The van der Waals surface area contributed by atoms with E-state index in [9.17, 15) is 4.79 Å². The number of hydrogen-bond acceptors (Lipinski definition) is 1. The van der Waals surface area contributed by atoms with E-state index in [0.29, 0.717) is 11.8 Å². The van der Waals surface area contributed by atoms with Crippen molar-refractivity contribution in [1.29, 1.82) is 0 Å². The lowest BCUT2D eigenvalue weighted by molar-refractivity contribution is -0.138. The summed E-state index contributed by atoms with van der Waals surface area (Å²) in [7, 11) is 0. The average Bonchev–Trinajstić information content (AvgIpc) is 1.98. The Morgan fingerprint density at radius 2 is 2.25 bits per heavy atom. The van der Waals surface area contributed by atoms with E-state index in [-0.39, 0.29) is 5.92 Å². The first-order valence-electron chi connectivity index (χ1n) is 4.90. The van der Waals surface area contributed by atoms with Gasteiger partial charge in [-0.05, 0) is 18.8 Å². The SMILES string of the molecule is CC(C)CN1CCCC(C)C1=O. The van der Waals surface area contributed by atoms with Crippen molar-refractivity contribution in [3.05, 3.63) is 0 Å². The van der Waals surface area contributed by atoms with Crippen molar-refractivity contribution in [3.8, 4) is 0 Å². The maximum Gasteiger partial charge on any atom is 0.225 e. The number of likely N-dealkylation sites (tertiary alicyclic amines) is 1. The molecule has 1 aliphatic heterocycles. The second-order valence-electron chi connectivity index (χ2n) is 4.22. The van der Waals surface area contributed by atoms with E-state index in [0.717, 1.165) is 19.5 Å². The second-order valence-corrected chi connectivity index (χ2v) is 4.22. The van der Waals surface area contributed by atoms with Gasteiger partial charge in [-0.2, -0.15) is 0 Å². The predicted octanol–water partition coefficient (Wildman–Crippen LogP) is 1.90. The number of hydrogen-bond donors (Lipinski definition) is 0. The Labute approximate surface area is 74.9 Å². The fourth-order valence-electron chi connectivity index (χ4n) is 1.76. The number of amides is 1. The van der Waals surface area contributed by atoms with E-state index >= 15 is 0 Å². The van der Waals surface area contributed by atoms with Crippen LogP contribution in [0.15, 0.2) is 0 Å². The van der Waals surface area contributed by atoms with Gasteiger partial charge >= 0.3 is 0 Å². The highest BCUT2D eigenvalue weighted by molar-refractivity contribution is 5.79. The molecule has 0 aromatic carbocycles. The minimum absolute atomic E-state index is 0.262. The molecule has 1 saturated heterocycles. The van der Waals surface area contributed by atoms with Gasteiger partial charge in [0.25, 0.3) is 0 Å². The molecule has 0 bridgehead atoms. The topological polar surface area (TPSA) is 20.3 Å². The summed E-state index contributed by atoms with van der Waals surface area (Å²) in [5.74, 6) is 1.21. The normalized spacial score (nSPS) is 25.2. The molecule has 1 fully saturated rings. The molecular formula is C10H19NO. The second kappa shape index (κ2) is 3.92. The van der Waals surface area contributed by atoms with Gasteiger partial charge in [0, 0.05) is 19.0 Å². The van der Waals surface area contributed by atoms with Gasteiger partial charge in [-0.3, -0.25) is 4.79 Å². The smallest absolute Gasteiger partial charge is 0.225 e. The Hall–Kier alpha value is -0.530. The largest absolute Gasteiger partial charge is 0.342 e. The molecule has 0 aromatic rings. The number of rotatable bonds is 2. The highest BCUT2D eigenvalue weighted by Gasteiger charge is 2.24. The van der Waals surface area contributed by atoms with E-state index in [2.05, 4.69) is 13.8 Å². The summed E-state index contributed by atoms with van der Waals surface area (Å²) in [6.45, 7) is 8.26. The summed E-state index contributed by atoms with van der Waals surface area (Å²) in [6.07, 6.45) is 2.26. The van der Waals surface area contributed by atoms with Gasteiger partial charge in [0.1, 0.15) is 0 Å². The van der Waals surface area contributed by atoms with Crippen LogP contribution in [0.1, 0.15) is 33.6 Å². The van der Waals surface area contributed by atoms with Crippen LogP contribution in [0.3, 0.4) is 0 Å². The van der Waals surface area contributed by atoms with Gasteiger partial charge in [-0.1, -0.05) is 20.8 Å². The zero-order valence-corrected chi connectivity index (χ0v) is 8.34. The molecule has 1 heterocycles. The summed E-state index contributed by atoms with van der Waals surface area (Å²) < 4.78 is 0. The number of piperidine rings is 1. The lowest BCUT2D eigenvalue weighted by atomic mass is 9.98. The van der Waals surface area contributed by atoms with Crippen molar-refractivity contribution in [2.75, 3.05) is 13.1 Å². The van der Waals surface area contributed by atoms with Crippen molar-refractivity contribution < 1.29 is 4.79 Å². The number of carbonyl (C=O) groups is 1. The molecule has 2 nitrogen and oxygen atoms in total. The quantitative estimate of drug-likeness (QED) is 0.618. The molecule has 2 heteroatoms. The third-order valence-electron chi connectivity index (χ3n) is 2.38. The molecule has 1 aliphatic rings. The van der Waals surface area contributed by atoms with Gasteiger partial charge < -0.3 is 4.90 Å². The molecule has 1 amide bonds. The van der Waals surface area contributed by atoms with Crippen molar-refractivity contribution in [1.82, 2.24) is 4.90 Å². The number of nitrogens with zero attached hydrogens (tertiary/aromatic N) is 1. The van der Waals surface area contributed by atoms with E-state index in [4.69, 9.17) is 0 Å². The minimum atomic E-state index is 0.262. The molecule has 0 aromatic heterocycles. The van der Waals surface area contributed by atoms with E-state index in [1.54, 1.807) is 0 Å². The molecule has 0 spiro atoms. The van der Waals surface area contributed by atoms with Crippen molar-refractivity contribution >= 4 is 5.91 Å².